The Hall–Kier alpha value is -3.45. The topological polar surface area (TPSA) is 96.7 Å². The number of carbonyl (C=O) groups excluding carboxylic acids is 1. The summed E-state index contributed by atoms with van der Waals surface area (Å²) in [6.07, 6.45) is 1.55. The second-order valence-electron chi connectivity index (χ2n) is 6.89. The number of aryl methyl sites for hydroxylation is 1. The summed E-state index contributed by atoms with van der Waals surface area (Å²) in [5.41, 5.74) is 7.47. The first-order valence-corrected chi connectivity index (χ1v) is 9.56. The van der Waals surface area contributed by atoms with E-state index in [0.717, 1.165) is 0 Å². The molecule has 1 aromatic carbocycles. The molecule has 0 radical (unpaired) electrons. The molecular formula is C22H19ClN2O5. The molecule has 1 aliphatic heterocycles. The summed E-state index contributed by atoms with van der Waals surface area (Å²) in [4.78, 5) is 26.1. The maximum atomic E-state index is 13.6. The van der Waals surface area contributed by atoms with Gasteiger partial charge in [-0.25, -0.2) is 4.79 Å². The minimum atomic E-state index is -0.769. The number of pyridine rings is 1. The molecule has 3 heterocycles. The third-order valence-electron chi connectivity index (χ3n) is 5.07. The van der Waals surface area contributed by atoms with Gasteiger partial charge < -0.3 is 24.2 Å². The molecule has 154 valence electrons. The van der Waals surface area contributed by atoms with Crippen molar-refractivity contribution in [1.82, 2.24) is 4.57 Å². The number of methoxy groups -OCH3 is 1. The third kappa shape index (κ3) is 3.37. The molecule has 1 atom stereocenters. The number of carbonyl (C=O) groups is 1. The Bertz CT molecular complexity index is 1190. The summed E-state index contributed by atoms with van der Waals surface area (Å²) in [5, 5.41) is 0.529. The van der Waals surface area contributed by atoms with E-state index in [-0.39, 0.29) is 23.6 Å². The molecule has 4 rings (SSSR count). The van der Waals surface area contributed by atoms with Crippen molar-refractivity contribution in [3.05, 3.63) is 98.1 Å². The highest BCUT2D eigenvalue weighted by molar-refractivity contribution is 6.30. The lowest BCUT2D eigenvalue weighted by molar-refractivity contribution is -0.136. The van der Waals surface area contributed by atoms with Crippen LogP contribution in [-0.2, 0) is 16.1 Å². The van der Waals surface area contributed by atoms with Crippen LogP contribution in [0.25, 0.3) is 0 Å². The van der Waals surface area contributed by atoms with E-state index >= 15 is 0 Å². The molecule has 0 bridgehead atoms. The number of nitrogens with two attached hydrogens (primary N) is 1. The van der Waals surface area contributed by atoms with Crippen molar-refractivity contribution in [3.63, 3.8) is 0 Å². The van der Waals surface area contributed by atoms with Gasteiger partial charge in [0.25, 0.3) is 5.56 Å². The van der Waals surface area contributed by atoms with E-state index in [1.165, 1.54) is 7.11 Å². The predicted octanol–water partition coefficient (Wildman–Crippen LogP) is 3.32. The highest BCUT2D eigenvalue weighted by Gasteiger charge is 2.38. The van der Waals surface area contributed by atoms with Crippen LogP contribution in [0.3, 0.4) is 0 Å². The van der Waals surface area contributed by atoms with Crippen LogP contribution in [0.15, 0.2) is 69.4 Å². The van der Waals surface area contributed by atoms with Crippen LogP contribution in [0, 0.1) is 6.92 Å². The van der Waals surface area contributed by atoms with Gasteiger partial charge in [0.2, 0.25) is 5.88 Å². The van der Waals surface area contributed by atoms with Gasteiger partial charge in [-0.15, -0.1) is 0 Å². The van der Waals surface area contributed by atoms with E-state index in [1.807, 2.05) is 0 Å². The number of aromatic nitrogens is 1. The Labute approximate surface area is 177 Å². The summed E-state index contributed by atoms with van der Waals surface area (Å²) in [5.74, 6) is -0.608. The fraction of sp³-hybridized carbons (Fsp3) is 0.182. The van der Waals surface area contributed by atoms with E-state index in [1.54, 1.807) is 60.2 Å². The summed E-state index contributed by atoms with van der Waals surface area (Å²) < 4.78 is 17.6. The monoisotopic (exact) mass is 426 g/mol. The normalized spacial score (nSPS) is 15.5. The zero-order chi connectivity index (χ0) is 21.4. The van der Waals surface area contributed by atoms with E-state index < -0.39 is 11.9 Å². The molecule has 0 saturated heterocycles. The van der Waals surface area contributed by atoms with Gasteiger partial charge >= 0.3 is 5.97 Å². The molecule has 0 spiro atoms. The number of nitrogens with zero attached hydrogens (tertiary/aromatic N) is 1. The lowest BCUT2D eigenvalue weighted by Gasteiger charge is -2.28. The number of rotatable bonds is 4. The van der Waals surface area contributed by atoms with E-state index in [2.05, 4.69) is 0 Å². The molecule has 8 heteroatoms. The van der Waals surface area contributed by atoms with Crippen molar-refractivity contribution in [2.75, 3.05) is 7.11 Å². The molecule has 30 heavy (non-hydrogen) atoms. The lowest BCUT2D eigenvalue weighted by Crippen LogP contribution is -2.35. The van der Waals surface area contributed by atoms with Crippen LogP contribution in [0.1, 0.15) is 28.5 Å². The number of hydrogen-bond donors (Lipinski definition) is 1. The average Bonchev–Trinajstić information content (AvgIpc) is 3.23. The van der Waals surface area contributed by atoms with Gasteiger partial charge in [0.1, 0.15) is 17.1 Å². The van der Waals surface area contributed by atoms with Gasteiger partial charge in [-0.1, -0.05) is 23.7 Å². The van der Waals surface area contributed by atoms with Gasteiger partial charge in [-0.05, 0) is 36.8 Å². The van der Waals surface area contributed by atoms with Crippen molar-refractivity contribution in [3.8, 4) is 5.75 Å². The van der Waals surface area contributed by atoms with Gasteiger partial charge in [0.05, 0.1) is 31.4 Å². The van der Waals surface area contributed by atoms with Crippen LogP contribution < -0.4 is 16.0 Å². The first-order chi connectivity index (χ1) is 14.4. The highest BCUT2D eigenvalue weighted by atomic mass is 35.5. The van der Waals surface area contributed by atoms with E-state index in [0.29, 0.717) is 33.4 Å². The van der Waals surface area contributed by atoms with Crippen LogP contribution in [0.5, 0.6) is 5.75 Å². The number of furan rings is 1. The fourth-order valence-corrected chi connectivity index (χ4v) is 3.76. The van der Waals surface area contributed by atoms with Gasteiger partial charge in [0, 0.05) is 16.8 Å². The number of fused-ring (bicyclic) bond motifs is 1. The second kappa shape index (κ2) is 7.76. The zero-order valence-corrected chi connectivity index (χ0v) is 17.1. The van der Waals surface area contributed by atoms with Crippen molar-refractivity contribution in [1.29, 1.82) is 0 Å². The van der Waals surface area contributed by atoms with Crippen molar-refractivity contribution in [2.45, 2.75) is 19.4 Å². The number of ether oxygens (including phenoxy) is 2. The molecule has 0 unspecified atom stereocenters. The standard InChI is InChI=1S/C22H19ClN2O5/c1-12-10-16-18(21(26)25(12)11-15-4-3-9-29-15)17(13-5-7-14(23)8-6-13)19(20(24)30-16)22(27)28-2/h3-10,17H,11,24H2,1-2H3/t17-/m0/s1. The first kappa shape index (κ1) is 19.8. The Morgan fingerprint density at radius 1 is 1.27 bits per heavy atom. The summed E-state index contributed by atoms with van der Waals surface area (Å²) >= 11 is 6.03. The Morgan fingerprint density at radius 3 is 2.63 bits per heavy atom. The van der Waals surface area contributed by atoms with E-state index in [9.17, 15) is 9.59 Å². The van der Waals surface area contributed by atoms with Crippen LogP contribution in [-0.4, -0.2) is 17.6 Å². The predicted molar refractivity (Wildman–Crippen MR) is 110 cm³/mol. The first-order valence-electron chi connectivity index (χ1n) is 9.18. The Balaban J connectivity index is 1.95. The van der Waals surface area contributed by atoms with E-state index in [4.69, 9.17) is 31.2 Å². The minimum Gasteiger partial charge on any atom is -0.467 e. The van der Waals surface area contributed by atoms with Crippen LogP contribution in [0.4, 0.5) is 0 Å². The van der Waals surface area contributed by atoms with Gasteiger partial charge in [-0.2, -0.15) is 0 Å². The SMILES string of the molecule is COC(=O)C1=C(N)Oc2cc(C)n(Cc3ccco3)c(=O)c2[C@@H]1c1ccc(Cl)cc1. The molecule has 1 aliphatic rings. The van der Waals surface area contributed by atoms with Crippen molar-refractivity contribution >= 4 is 17.6 Å². The highest BCUT2D eigenvalue weighted by Crippen LogP contribution is 2.41. The van der Waals surface area contributed by atoms with Gasteiger partial charge in [0.15, 0.2) is 0 Å². The number of hydrogen-bond acceptors (Lipinski definition) is 6. The molecule has 0 aliphatic carbocycles. The van der Waals surface area contributed by atoms with Crippen LogP contribution in [0.2, 0.25) is 5.02 Å². The molecule has 0 amide bonds. The summed E-state index contributed by atoms with van der Waals surface area (Å²) in [7, 11) is 1.25. The lowest BCUT2D eigenvalue weighted by atomic mass is 9.83. The van der Waals surface area contributed by atoms with Gasteiger partial charge in [-0.3, -0.25) is 4.79 Å². The quantitative estimate of drug-likeness (QED) is 0.643. The van der Waals surface area contributed by atoms with Crippen molar-refractivity contribution < 1.29 is 18.7 Å². The number of halogens is 1. The Morgan fingerprint density at radius 2 is 2.00 bits per heavy atom. The molecule has 2 aromatic heterocycles. The molecular weight excluding hydrogens is 408 g/mol. The third-order valence-corrected chi connectivity index (χ3v) is 5.32. The minimum absolute atomic E-state index is 0.0674. The fourth-order valence-electron chi connectivity index (χ4n) is 3.64. The molecule has 7 nitrogen and oxygen atoms in total. The molecule has 2 N–H and O–H groups in total. The average molecular weight is 427 g/mol. The second-order valence-corrected chi connectivity index (χ2v) is 7.33. The smallest absolute Gasteiger partial charge is 0.340 e. The maximum Gasteiger partial charge on any atom is 0.340 e. The summed E-state index contributed by atoms with van der Waals surface area (Å²) in [6, 6.07) is 12.1. The zero-order valence-electron chi connectivity index (χ0n) is 16.3. The summed E-state index contributed by atoms with van der Waals surface area (Å²) in [6.45, 7) is 2.03. The number of benzene rings is 1. The van der Waals surface area contributed by atoms with Crippen molar-refractivity contribution in [2.24, 2.45) is 5.73 Å². The number of esters is 1. The largest absolute Gasteiger partial charge is 0.467 e. The Kier molecular flexibility index (Phi) is 5.13. The maximum absolute atomic E-state index is 13.6. The van der Waals surface area contributed by atoms with Crippen LogP contribution >= 0.6 is 11.6 Å². The molecule has 0 saturated carbocycles. The molecule has 3 aromatic rings. The molecule has 0 fully saturated rings.